The molecule has 1 aliphatic heterocycles. The molecule has 16 heavy (non-hydrogen) atoms. The van der Waals surface area contributed by atoms with Crippen LogP contribution in [-0.2, 0) is 6.42 Å². The number of hydrogen-bond acceptors (Lipinski definition) is 3. The maximum Gasteiger partial charge on any atom is 0.0287 e. The number of thioether (sulfide) groups is 1. The fourth-order valence-corrected chi connectivity index (χ4v) is 3.55. The van der Waals surface area contributed by atoms with Crippen LogP contribution in [0.3, 0.4) is 0 Å². The van der Waals surface area contributed by atoms with Gasteiger partial charge in [-0.2, -0.15) is 11.8 Å². The average molecular weight is 236 g/mol. The minimum Gasteiger partial charge on any atom is -0.271 e. The van der Waals surface area contributed by atoms with E-state index < -0.39 is 0 Å². The predicted octanol–water partition coefficient (Wildman–Crippen LogP) is 2.12. The van der Waals surface area contributed by atoms with E-state index in [-0.39, 0.29) is 0 Å². The first-order valence-corrected chi connectivity index (χ1v) is 7.04. The Kier molecular flexibility index (Phi) is 4.27. The number of nitrogens with two attached hydrogens (primary N) is 1. The lowest BCUT2D eigenvalue weighted by Gasteiger charge is -2.22. The highest BCUT2D eigenvalue weighted by atomic mass is 32.2. The van der Waals surface area contributed by atoms with E-state index >= 15 is 0 Å². The fourth-order valence-electron chi connectivity index (χ4n) is 2.21. The Labute approximate surface area is 102 Å². The molecule has 0 aromatic heterocycles. The van der Waals surface area contributed by atoms with Gasteiger partial charge in [-0.3, -0.25) is 11.3 Å². The van der Waals surface area contributed by atoms with Crippen LogP contribution in [0.4, 0.5) is 0 Å². The number of aryl methyl sites for hydroxylation is 1. The molecule has 2 rings (SSSR count). The van der Waals surface area contributed by atoms with Gasteiger partial charge in [-0.15, -0.1) is 0 Å². The summed E-state index contributed by atoms with van der Waals surface area (Å²) in [6.07, 6.45) is 2.34. The van der Waals surface area contributed by atoms with E-state index in [9.17, 15) is 0 Å². The van der Waals surface area contributed by atoms with Crippen LogP contribution in [-0.4, -0.2) is 17.5 Å². The zero-order chi connectivity index (χ0) is 11.4. The van der Waals surface area contributed by atoms with Crippen molar-refractivity contribution < 1.29 is 0 Å². The first kappa shape index (κ1) is 12.0. The second-order valence-corrected chi connectivity index (χ2v) is 5.74. The largest absolute Gasteiger partial charge is 0.271 e. The maximum absolute atomic E-state index is 5.67. The summed E-state index contributed by atoms with van der Waals surface area (Å²) in [5, 5.41) is 0. The van der Waals surface area contributed by atoms with Crippen LogP contribution < -0.4 is 11.3 Å². The van der Waals surface area contributed by atoms with Gasteiger partial charge in [0, 0.05) is 6.04 Å². The molecule has 0 saturated carbocycles. The number of benzene rings is 1. The summed E-state index contributed by atoms with van der Waals surface area (Å²) in [6.45, 7) is 2.12. The van der Waals surface area contributed by atoms with Gasteiger partial charge in [0.1, 0.15) is 0 Å². The van der Waals surface area contributed by atoms with Crippen molar-refractivity contribution in [3.8, 4) is 0 Å². The van der Waals surface area contributed by atoms with Crippen molar-refractivity contribution in [2.75, 3.05) is 11.5 Å². The second kappa shape index (κ2) is 5.71. The molecule has 0 spiro atoms. The van der Waals surface area contributed by atoms with Crippen LogP contribution in [0.1, 0.15) is 17.5 Å². The van der Waals surface area contributed by atoms with Gasteiger partial charge in [0.15, 0.2) is 0 Å². The summed E-state index contributed by atoms with van der Waals surface area (Å²) in [7, 11) is 0. The van der Waals surface area contributed by atoms with Crippen LogP contribution in [0.2, 0.25) is 0 Å². The Morgan fingerprint density at radius 2 is 2.19 bits per heavy atom. The number of hydrogen-bond donors (Lipinski definition) is 2. The van der Waals surface area contributed by atoms with Gasteiger partial charge < -0.3 is 0 Å². The summed E-state index contributed by atoms with van der Waals surface area (Å²) in [6, 6.07) is 9.19. The van der Waals surface area contributed by atoms with Crippen molar-refractivity contribution in [1.29, 1.82) is 0 Å². The van der Waals surface area contributed by atoms with Crippen LogP contribution in [0.15, 0.2) is 24.3 Å². The lowest BCUT2D eigenvalue weighted by Crippen LogP contribution is -2.42. The topological polar surface area (TPSA) is 38.0 Å². The van der Waals surface area contributed by atoms with Gasteiger partial charge in [0.05, 0.1) is 0 Å². The average Bonchev–Trinajstić information content (AvgIpc) is 2.82. The van der Waals surface area contributed by atoms with Crippen molar-refractivity contribution in [2.24, 2.45) is 11.8 Å². The van der Waals surface area contributed by atoms with E-state index in [0.717, 1.165) is 12.3 Å². The summed E-state index contributed by atoms with van der Waals surface area (Å²) in [5.74, 6) is 8.94. The molecule has 2 unspecified atom stereocenters. The van der Waals surface area contributed by atoms with E-state index in [0.29, 0.717) is 6.04 Å². The molecule has 1 heterocycles. The lowest BCUT2D eigenvalue weighted by atomic mass is 9.93. The van der Waals surface area contributed by atoms with Crippen LogP contribution in [0.5, 0.6) is 0 Å². The molecular formula is C13H20N2S. The fraction of sp³-hybridized carbons (Fsp3) is 0.538. The van der Waals surface area contributed by atoms with Gasteiger partial charge in [0.25, 0.3) is 0 Å². The third-order valence-electron chi connectivity index (χ3n) is 3.32. The van der Waals surface area contributed by atoms with Crippen molar-refractivity contribution in [3.63, 3.8) is 0 Å². The molecule has 1 aromatic carbocycles. The normalized spacial score (nSPS) is 22.2. The molecule has 2 nitrogen and oxygen atoms in total. The Bertz CT molecular complexity index is 317. The molecular weight excluding hydrogens is 216 g/mol. The van der Waals surface area contributed by atoms with Gasteiger partial charge in [-0.1, -0.05) is 29.8 Å². The quantitative estimate of drug-likeness (QED) is 0.621. The maximum atomic E-state index is 5.67. The number of rotatable bonds is 4. The summed E-state index contributed by atoms with van der Waals surface area (Å²) in [5.41, 5.74) is 5.69. The molecule has 3 N–H and O–H groups in total. The Hall–Kier alpha value is -0.510. The molecule has 88 valence electrons. The summed E-state index contributed by atoms with van der Waals surface area (Å²) >= 11 is 2.04. The molecule has 0 bridgehead atoms. The van der Waals surface area contributed by atoms with Crippen LogP contribution in [0, 0.1) is 12.8 Å². The van der Waals surface area contributed by atoms with Crippen molar-refractivity contribution in [2.45, 2.75) is 25.8 Å². The zero-order valence-corrected chi connectivity index (χ0v) is 10.6. The minimum absolute atomic E-state index is 0.428. The number of nitrogens with one attached hydrogen (secondary N) is 1. The van der Waals surface area contributed by atoms with Crippen LogP contribution >= 0.6 is 11.8 Å². The first-order chi connectivity index (χ1) is 7.79. The Balaban J connectivity index is 1.97. The lowest BCUT2D eigenvalue weighted by molar-refractivity contribution is 0.386. The minimum atomic E-state index is 0.428. The summed E-state index contributed by atoms with van der Waals surface area (Å²) < 4.78 is 0. The second-order valence-electron chi connectivity index (χ2n) is 4.59. The highest BCUT2D eigenvalue weighted by Crippen LogP contribution is 2.27. The third-order valence-corrected chi connectivity index (χ3v) is 4.51. The zero-order valence-electron chi connectivity index (χ0n) is 9.78. The smallest absolute Gasteiger partial charge is 0.0287 e. The molecule has 1 aromatic rings. The molecule has 3 heteroatoms. The van der Waals surface area contributed by atoms with Gasteiger partial charge in [0.2, 0.25) is 0 Å². The standard InChI is InChI=1S/C13H20N2S/c1-10-2-4-11(5-3-10)8-13(15-14)12-6-7-16-9-12/h2-5,12-13,15H,6-9,14H2,1H3. The predicted molar refractivity (Wildman–Crippen MR) is 71.4 cm³/mol. The van der Waals surface area contributed by atoms with Gasteiger partial charge >= 0.3 is 0 Å². The summed E-state index contributed by atoms with van der Waals surface area (Å²) in [4.78, 5) is 0. The van der Waals surface area contributed by atoms with E-state index in [1.165, 1.54) is 29.1 Å². The molecule has 1 aliphatic rings. The van der Waals surface area contributed by atoms with Crippen molar-refractivity contribution in [1.82, 2.24) is 5.43 Å². The molecule has 1 saturated heterocycles. The van der Waals surface area contributed by atoms with Gasteiger partial charge in [-0.05, 0) is 42.8 Å². The molecule has 0 radical (unpaired) electrons. The van der Waals surface area contributed by atoms with Gasteiger partial charge in [-0.25, -0.2) is 0 Å². The van der Waals surface area contributed by atoms with Crippen molar-refractivity contribution >= 4 is 11.8 Å². The molecule has 1 fully saturated rings. The highest BCUT2D eigenvalue weighted by molar-refractivity contribution is 7.99. The van der Waals surface area contributed by atoms with E-state index in [4.69, 9.17) is 5.84 Å². The molecule has 0 amide bonds. The third kappa shape index (κ3) is 3.00. The number of hydrazine groups is 1. The molecule has 0 aliphatic carbocycles. The monoisotopic (exact) mass is 236 g/mol. The highest BCUT2D eigenvalue weighted by Gasteiger charge is 2.24. The van der Waals surface area contributed by atoms with E-state index in [1.54, 1.807) is 0 Å². The van der Waals surface area contributed by atoms with E-state index in [2.05, 4.69) is 36.6 Å². The van der Waals surface area contributed by atoms with Crippen LogP contribution in [0.25, 0.3) is 0 Å². The Morgan fingerprint density at radius 3 is 2.75 bits per heavy atom. The SMILES string of the molecule is Cc1ccc(CC(NN)C2CCSC2)cc1. The van der Waals surface area contributed by atoms with Crippen molar-refractivity contribution in [3.05, 3.63) is 35.4 Å². The molecule has 2 atom stereocenters. The van der Waals surface area contributed by atoms with E-state index in [1.807, 2.05) is 11.8 Å². The first-order valence-electron chi connectivity index (χ1n) is 5.89. The Morgan fingerprint density at radius 1 is 1.44 bits per heavy atom.